The number of aryl methyl sites for hydroxylation is 1. The number of carboxylic acid groups (broad SMARTS) is 1. The lowest BCUT2D eigenvalue weighted by Crippen LogP contribution is -2.23. The zero-order valence-electron chi connectivity index (χ0n) is 12.0. The van der Waals surface area contributed by atoms with Gasteiger partial charge in [0.1, 0.15) is 5.02 Å². The molecule has 22 heavy (non-hydrogen) atoms. The monoisotopic (exact) mass is 339 g/mol. The summed E-state index contributed by atoms with van der Waals surface area (Å²) < 4.78 is 1.57. The number of halogens is 2. The molecule has 1 N–H and O–H groups in total. The number of benzene rings is 1. The van der Waals surface area contributed by atoms with Crippen LogP contribution in [-0.2, 0) is 13.0 Å². The van der Waals surface area contributed by atoms with Crippen molar-refractivity contribution in [2.24, 2.45) is 0 Å². The highest BCUT2D eigenvalue weighted by Gasteiger charge is 2.09. The summed E-state index contributed by atoms with van der Waals surface area (Å²) in [6, 6.07) is 8.17. The van der Waals surface area contributed by atoms with Gasteiger partial charge in [0.15, 0.2) is 0 Å². The second-order valence-electron chi connectivity index (χ2n) is 4.99. The molecule has 0 aliphatic rings. The van der Waals surface area contributed by atoms with E-state index < -0.39 is 5.97 Å². The molecule has 0 atom stereocenters. The number of nitrogens with zero attached hydrogens (tertiary/aromatic N) is 1. The summed E-state index contributed by atoms with van der Waals surface area (Å²) in [5.41, 5.74) is 1.73. The first-order valence-corrected chi connectivity index (χ1v) is 7.53. The molecule has 0 saturated carbocycles. The molecule has 6 heteroatoms. The van der Waals surface area contributed by atoms with Crippen LogP contribution in [0.4, 0.5) is 0 Å². The maximum Gasteiger partial charge on any atom is 0.335 e. The molecule has 0 spiro atoms. The molecule has 1 aromatic carbocycles. The summed E-state index contributed by atoms with van der Waals surface area (Å²) >= 11 is 11.9. The van der Waals surface area contributed by atoms with E-state index in [0.717, 1.165) is 18.4 Å². The van der Waals surface area contributed by atoms with Crippen LogP contribution in [0.15, 0.2) is 35.1 Å². The van der Waals surface area contributed by atoms with Gasteiger partial charge in [0.25, 0.3) is 5.56 Å². The van der Waals surface area contributed by atoms with E-state index in [1.165, 1.54) is 6.07 Å². The number of pyridine rings is 1. The molecular weight excluding hydrogens is 325 g/mol. The minimum absolute atomic E-state index is 0.112. The maximum absolute atomic E-state index is 12.0. The van der Waals surface area contributed by atoms with Gasteiger partial charge >= 0.3 is 5.97 Å². The molecule has 2 aromatic rings. The molecule has 1 aromatic heterocycles. The largest absolute Gasteiger partial charge is 0.478 e. The summed E-state index contributed by atoms with van der Waals surface area (Å²) in [7, 11) is 0. The van der Waals surface area contributed by atoms with Crippen molar-refractivity contribution in [3.05, 3.63) is 67.6 Å². The highest BCUT2D eigenvalue weighted by Crippen LogP contribution is 2.17. The van der Waals surface area contributed by atoms with Crippen molar-refractivity contribution in [3.63, 3.8) is 0 Å². The Hall–Kier alpha value is -1.78. The number of aromatic carboxylic acids is 1. The van der Waals surface area contributed by atoms with Crippen LogP contribution in [-0.4, -0.2) is 15.6 Å². The summed E-state index contributed by atoms with van der Waals surface area (Å²) in [5.74, 6) is -0.942. The summed E-state index contributed by atoms with van der Waals surface area (Å²) in [4.78, 5) is 22.8. The maximum atomic E-state index is 12.0. The average molecular weight is 340 g/mol. The van der Waals surface area contributed by atoms with Crippen LogP contribution in [0, 0.1) is 6.92 Å². The number of carboxylic acids is 1. The van der Waals surface area contributed by atoms with E-state index in [9.17, 15) is 9.59 Å². The quantitative estimate of drug-likeness (QED) is 0.901. The highest BCUT2D eigenvalue weighted by molar-refractivity contribution is 6.34. The molecular formula is C16H15Cl2NO3. The summed E-state index contributed by atoms with van der Waals surface area (Å²) in [6.07, 6.45) is 1.46. The van der Waals surface area contributed by atoms with E-state index in [-0.39, 0.29) is 16.1 Å². The third-order valence-corrected chi connectivity index (χ3v) is 4.15. The van der Waals surface area contributed by atoms with Gasteiger partial charge in [-0.1, -0.05) is 35.3 Å². The second-order valence-corrected chi connectivity index (χ2v) is 5.80. The summed E-state index contributed by atoms with van der Waals surface area (Å²) in [5, 5.41) is 9.43. The summed E-state index contributed by atoms with van der Waals surface area (Å²) in [6.45, 7) is 2.29. The van der Waals surface area contributed by atoms with Gasteiger partial charge in [-0.05, 0) is 43.5 Å². The highest BCUT2D eigenvalue weighted by atomic mass is 35.5. The van der Waals surface area contributed by atoms with Crippen LogP contribution < -0.4 is 5.56 Å². The van der Waals surface area contributed by atoms with Gasteiger partial charge in [-0.2, -0.15) is 0 Å². The van der Waals surface area contributed by atoms with Gasteiger partial charge in [0, 0.05) is 12.2 Å². The van der Waals surface area contributed by atoms with Gasteiger partial charge in [-0.3, -0.25) is 4.79 Å². The Balaban J connectivity index is 2.05. The lowest BCUT2D eigenvalue weighted by atomic mass is 10.1. The van der Waals surface area contributed by atoms with Gasteiger partial charge < -0.3 is 9.67 Å². The standard InChI is InChI=1S/C16H15Cl2NO3/c1-10-13(17)9-14(18)15(20)19(10)8-2-3-11-4-6-12(7-5-11)16(21)22/h4-7,9H,2-3,8H2,1H3,(H,21,22). The first-order chi connectivity index (χ1) is 10.4. The molecule has 0 aliphatic carbocycles. The Labute approximate surface area is 137 Å². The molecule has 0 aliphatic heterocycles. The van der Waals surface area contributed by atoms with E-state index in [1.54, 1.807) is 35.8 Å². The Kier molecular flexibility index (Phi) is 5.27. The van der Waals surface area contributed by atoms with E-state index in [0.29, 0.717) is 17.3 Å². The first-order valence-electron chi connectivity index (χ1n) is 6.78. The molecule has 0 amide bonds. The molecule has 0 radical (unpaired) electrons. The SMILES string of the molecule is Cc1c(Cl)cc(Cl)c(=O)n1CCCc1ccc(C(=O)O)cc1. The van der Waals surface area contributed by atoms with Crippen molar-refractivity contribution in [1.82, 2.24) is 4.57 Å². The minimum atomic E-state index is -0.942. The predicted molar refractivity (Wildman–Crippen MR) is 87.2 cm³/mol. The molecule has 0 fully saturated rings. The molecule has 0 saturated heterocycles. The molecule has 0 bridgehead atoms. The number of hydrogen-bond acceptors (Lipinski definition) is 2. The second kappa shape index (κ2) is 6.99. The number of aromatic nitrogens is 1. The third kappa shape index (κ3) is 3.70. The van der Waals surface area contributed by atoms with E-state index in [4.69, 9.17) is 28.3 Å². The normalized spacial score (nSPS) is 10.7. The Bertz CT molecular complexity index is 751. The number of carbonyl (C=O) groups is 1. The predicted octanol–water partition coefficient (Wildman–Crippen LogP) is 3.79. The van der Waals surface area contributed by atoms with Crippen molar-refractivity contribution in [1.29, 1.82) is 0 Å². The average Bonchev–Trinajstić information content (AvgIpc) is 2.49. The zero-order valence-corrected chi connectivity index (χ0v) is 13.5. The molecule has 0 unspecified atom stereocenters. The Morgan fingerprint density at radius 1 is 1.18 bits per heavy atom. The van der Waals surface area contributed by atoms with Crippen molar-refractivity contribution in [2.75, 3.05) is 0 Å². The van der Waals surface area contributed by atoms with Gasteiger partial charge in [0.05, 0.1) is 10.6 Å². The van der Waals surface area contributed by atoms with Gasteiger partial charge in [0.2, 0.25) is 0 Å². The Morgan fingerprint density at radius 2 is 1.82 bits per heavy atom. The van der Waals surface area contributed by atoms with Crippen LogP contribution in [0.2, 0.25) is 10.0 Å². The third-order valence-electron chi connectivity index (χ3n) is 3.50. The van der Waals surface area contributed by atoms with E-state index >= 15 is 0 Å². The van der Waals surface area contributed by atoms with Crippen LogP contribution in [0.5, 0.6) is 0 Å². The number of rotatable bonds is 5. The van der Waals surface area contributed by atoms with E-state index in [1.807, 2.05) is 0 Å². The zero-order chi connectivity index (χ0) is 16.3. The lowest BCUT2D eigenvalue weighted by Gasteiger charge is -2.12. The molecule has 116 valence electrons. The van der Waals surface area contributed by atoms with Crippen molar-refractivity contribution >= 4 is 29.2 Å². The fourth-order valence-corrected chi connectivity index (χ4v) is 2.69. The Morgan fingerprint density at radius 3 is 2.41 bits per heavy atom. The molecule has 2 rings (SSSR count). The first kappa shape index (κ1) is 16.6. The minimum Gasteiger partial charge on any atom is -0.478 e. The van der Waals surface area contributed by atoms with E-state index in [2.05, 4.69) is 0 Å². The fourth-order valence-electron chi connectivity index (χ4n) is 2.21. The topological polar surface area (TPSA) is 59.3 Å². The smallest absolute Gasteiger partial charge is 0.335 e. The van der Waals surface area contributed by atoms with Gasteiger partial charge in [-0.25, -0.2) is 4.79 Å². The van der Waals surface area contributed by atoms with Crippen molar-refractivity contribution in [2.45, 2.75) is 26.3 Å². The number of hydrogen-bond donors (Lipinski definition) is 1. The van der Waals surface area contributed by atoms with Crippen LogP contribution in [0.3, 0.4) is 0 Å². The lowest BCUT2D eigenvalue weighted by molar-refractivity contribution is 0.0697. The van der Waals surface area contributed by atoms with Crippen molar-refractivity contribution in [3.8, 4) is 0 Å². The molecule has 4 nitrogen and oxygen atoms in total. The van der Waals surface area contributed by atoms with Gasteiger partial charge in [-0.15, -0.1) is 0 Å². The molecule has 1 heterocycles. The van der Waals surface area contributed by atoms with Crippen LogP contribution in [0.1, 0.15) is 28.0 Å². The van der Waals surface area contributed by atoms with Crippen molar-refractivity contribution < 1.29 is 9.90 Å². The van der Waals surface area contributed by atoms with Crippen LogP contribution in [0.25, 0.3) is 0 Å². The fraction of sp³-hybridized carbons (Fsp3) is 0.250. The van der Waals surface area contributed by atoms with Crippen LogP contribution >= 0.6 is 23.2 Å².